The van der Waals surface area contributed by atoms with Crippen LogP contribution < -0.4 is 15.5 Å². The van der Waals surface area contributed by atoms with Crippen molar-refractivity contribution >= 4 is 23.0 Å². The normalized spacial score (nSPS) is 14.5. The van der Waals surface area contributed by atoms with Crippen molar-refractivity contribution in [2.24, 2.45) is 0 Å². The van der Waals surface area contributed by atoms with Gasteiger partial charge in [-0.25, -0.2) is 9.97 Å². The van der Waals surface area contributed by atoms with E-state index in [1.165, 1.54) is 22.4 Å². The van der Waals surface area contributed by atoms with Gasteiger partial charge in [-0.2, -0.15) is 0 Å². The number of nitrogens with zero attached hydrogens (tertiary/aromatic N) is 3. The molecule has 0 fully saturated rings. The van der Waals surface area contributed by atoms with E-state index in [9.17, 15) is 0 Å². The minimum atomic E-state index is -0.0616. The molecule has 0 spiro atoms. The molecule has 27 heavy (non-hydrogen) atoms. The van der Waals surface area contributed by atoms with Crippen LogP contribution in [0.3, 0.4) is 0 Å². The molecule has 3 rings (SSSR count). The Morgan fingerprint density at radius 1 is 1.19 bits per heavy atom. The van der Waals surface area contributed by atoms with Crippen LogP contribution in [0.5, 0.6) is 0 Å². The molecule has 1 unspecified atom stereocenters. The lowest BCUT2D eigenvalue weighted by Gasteiger charge is -2.34. The van der Waals surface area contributed by atoms with Gasteiger partial charge in [0.25, 0.3) is 0 Å². The van der Waals surface area contributed by atoms with Gasteiger partial charge in [-0.3, -0.25) is 0 Å². The quantitative estimate of drug-likeness (QED) is 0.733. The summed E-state index contributed by atoms with van der Waals surface area (Å²) in [5.41, 5.74) is 6.01. The molecular formula is C21H31N5O. The second-order valence-electron chi connectivity index (χ2n) is 7.30. The number of methoxy groups -OCH3 is 1. The molecule has 2 heterocycles. The Morgan fingerprint density at radius 3 is 2.52 bits per heavy atom. The third-order valence-corrected chi connectivity index (χ3v) is 4.93. The lowest BCUT2D eigenvalue weighted by molar-refractivity contribution is 0.117. The van der Waals surface area contributed by atoms with E-state index in [-0.39, 0.29) is 6.23 Å². The summed E-state index contributed by atoms with van der Waals surface area (Å²) in [4.78, 5) is 11.8. The van der Waals surface area contributed by atoms with Gasteiger partial charge in [-0.1, -0.05) is 31.0 Å². The monoisotopic (exact) mass is 369 g/mol. The Morgan fingerprint density at radius 2 is 1.89 bits per heavy atom. The van der Waals surface area contributed by atoms with Crippen LogP contribution in [0.1, 0.15) is 42.3 Å². The van der Waals surface area contributed by atoms with Crippen LogP contribution in [0.25, 0.3) is 0 Å². The Hall–Kier alpha value is -2.34. The Kier molecular flexibility index (Phi) is 5.85. The summed E-state index contributed by atoms with van der Waals surface area (Å²) < 4.78 is 5.58. The standard InChI is InChI=1S/C21H31N5O/c1-7-8-17(27-6)25-20-18-21(24-16(5)23-20)26(10-9-22-18)19-14(3)11-13(2)12-15(19)4/h11-12,17,22H,7-10H2,1-6H3,(H,23,24,25). The van der Waals surface area contributed by atoms with E-state index in [1.807, 2.05) is 6.92 Å². The molecule has 6 heteroatoms. The summed E-state index contributed by atoms with van der Waals surface area (Å²) in [6.45, 7) is 12.3. The van der Waals surface area contributed by atoms with Gasteiger partial charge in [-0.05, 0) is 45.2 Å². The molecule has 1 aromatic carbocycles. The maximum atomic E-state index is 5.58. The van der Waals surface area contributed by atoms with E-state index in [1.54, 1.807) is 7.11 Å². The van der Waals surface area contributed by atoms with Crippen LogP contribution in [0.15, 0.2) is 12.1 Å². The highest BCUT2D eigenvalue weighted by molar-refractivity contribution is 5.84. The molecule has 1 aliphatic heterocycles. The molecule has 0 amide bonds. The Bertz CT molecular complexity index is 797. The van der Waals surface area contributed by atoms with Crippen molar-refractivity contribution in [1.29, 1.82) is 0 Å². The molecule has 1 aromatic heterocycles. The molecule has 2 N–H and O–H groups in total. The van der Waals surface area contributed by atoms with Gasteiger partial charge in [0.15, 0.2) is 11.6 Å². The van der Waals surface area contributed by atoms with Crippen LogP contribution in [-0.2, 0) is 4.74 Å². The molecule has 1 atom stereocenters. The average molecular weight is 370 g/mol. The van der Waals surface area contributed by atoms with Crippen molar-refractivity contribution in [3.63, 3.8) is 0 Å². The predicted molar refractivity (Wildman–Crippen MR) is 112 cm³/mol. The van der Waals surface area contributed by atoms with Crippen molar-refractivity contribution in [1.82, 2.24) is 9.97 Å². The topological polar surface area (TPSA) is 62.3 Å². The first-order valence-corrected chi connectivity index (χ1v) is 9.71. The lowest BCUT2D eigenvalue weighted by atomic mass is 10.0. The van der Waals surface area contributed by atoms with E-state index in [0.717, 1.165) is 49.1 Å². The number of benzene rings is 1. The molecule has 0 saturated heterocycles. The third-order valence-electron chi connectivity index (χ3n) is 4.93. The summed E-state index contributed by atoms with van der Waals surface area (Å²) >= 11 is 0. The zero-order valence-corrected chi connectivity index (χ0v) is 17.3. The number of hydrogen-bond donors (Lipinski definition) is 2. The minimum absolute atomic E-state index is 0.0616. The first-order valence-electron chi connectivity index (χ1n) is 9.71. The van der Waals surface area contributed by atoms with Crippen LogP contribution in [0.2, 0.25) is 0 Å². The number of aromatic nitrogens is 2. The maximum Gasteiger partial charge on any atom is 0.162 e. The van der Waals surface area contributed by atoms with E-state index in [4.69, 9.17) is 9.72 Å². The van der Waals surface area contributed by atoms with E-state index in [2.05, 4.69) is 60.3 Å². The van der Waals surface area contributed by atoms with E-state index in [0.29, 0.717) is 0 Å². The van der Waals surface area contributed by atoms with Gasteiger partial charge >= 0.3 is 0 Å². The molecule has 6 nitrogen and oxygen atoms in total. The fourth-order valence-corrected chi connectivity index (χ4v) is 3.90. The van der Waals surface area contributed by atoms with Crippen molar-refractivity contribution in [2.75, 3.05) is 35.7 Å². The molecule has 2 aromatic rings. The molecular weight excluding hydrogens is 338 g/mol. The average Bonchev–Trinajstić information content (AvgIpc) is 2.60. The van der Waals surface area contributed by atoms with Crippen molar-refractivity contribution < 1.29 is 4.74 Å². The largest absolute Gasteiger partial charge is 0.377 e. The smallest absolute Gasteiger partial charge is 0.162 e. The van der Waals surface area contributed by atoms with Crippen LogP contribution in [0.4, 0.5) is 23.0 Å². The molecule has 146 valence electrons. The van der Waals surface area contributed by atoms with Crippen molar-refractivity contribution in [3.05, 3.63) is 34.6 Å². The van der Waals surface area contributed by atoms with Crippen LogP contribution in [-0.4, -0.2) is 36.4 Å². The molecule has 0 saturated carbocycles. The highest BCUT2D eigenvalue weighted by Crippen LogP contribution is 2.40. The van der Waals surface area contributed by atoms with Crippen LogP contribution in [0, 0.1) is 27.7 Å². The van der Waals surface area contributed by atoms with Gasteiger partial charge in [0.2, 0.25) is 0 Å². The third kappa shape index (κ3) is 4.00. The molecule has 1 aliphatic rings. The number of aryl methyl sites for hydroxylation is 4. The number of fused-ring (bicyclic) bond motifs is 1. The SMILES string of the molecule is CCCC(Nc1nc(C)nc2c1NCCN2c1c(C)cc(C)cc1C)OC. The molecule has 0 bridgehead atoms. The number of anilines is 4. The fraction of sp³-hybridized carbons (Fsp3) is 0.524. The van der Waals surface area contributed by atoms with E-state index >= 15 is 0 Å². The number of ether oxygens (including phenoxy) is 1. The lowest BCUT2D eigenvalue weighted by Crippen LogP contribution is -2.34. The van der Waals surface area contributed by atoms with Crippen molar-refractivity contribution in [3.8, 4) is 0 Å². The number of hydrogen-bond acceptors (Lipinski definition) is 6. The number of rotatable bonds is 6. The summed E-state index contributed by atoms with van der Waals surface area (Å²) in [7, 11) is 1.73. The van der Waals surface area contributed by atoms with E-state index < -0.39 is 0 Å². The minimum Gasteiger partial charge on any atom is -0.377 e. The molecule has 0 radical (unpaired) electrons. The van der Waals surface area contributed by atoms with Gasteiger partial charge in [-0.15, -0.1) is 0 Å². The van der Waals surface area contributed by atoms with Crippen LogP contribution >= 0.6 is 0 Å². The van der Waals surface area contributed by atoms with Gasteiger partial charge in [0, 0.05) is 25.9 Å². The fourth-order valence-electron chi connectivity index (χ4n) is 3.90. The zero-order valence-electron chi connectivity index (χ0n) is 17.3. The predicted octanol–water partition coefficient (Wildman–Crippen LogP) is 4.46. The van der Waals surface area contributed by atoms with Gasteiger partial charge in [0.05, 0.1) is 0 Å². The summed E-state index contributed by atoms with van der Waals surface area (Å²) in [5.74, 6) is 2.49. The summed E-state index contributed by atoms with van der Waals surface area (Å²) in [6, 6.07) is 4.47. The van der Waals surface area contributed by atoms with Gasteiger partial charge in [0.1, 0.15) is 17.7 Å². The Labute approximate surface area is 162 Å². The molecule has 0 aliphatic carbocycles. The first-order chi connectivity index (χ1) is 12.9. The zero-order chi connectivity index (χ0) is 19.6. The number of nitrogens with one attached hydrogen (secondary N) is 2. The first kappa shape index (κ1) is 19.4. The Balaban J connectivity index is 2.06. The van der Waals surface area contributed by atoms with Gasteiger partial charge < -0.3 is 20.3 Å². The highest BCUT2D eigenvalue weighted by Gasteiger charge is 2.26. The van der Waals surface area contributed by atoms with Crippen molar-refractivity contribution in [2.45, 2.75) is 53.7 Å². The summed E-state index contributed by atoms with van der Waals surface area (Å²) in [5, 5.41) is 6.94. The second kappa shape index (κ2) is 8.13. The maximum absolute atomic E-state index is 5.58. The highest BCUT2D eigenvalue weighted by atomic mass is 16.5. The second-order valence-corrected chi connectivity index (χ2v) is 7.30. The summed E-state index contributed by atoms with van der Waals surface area (Å²) in [6.07, 6.45) is 1.90.